The zero-order valence-corrected chi connectivity index (χ0v) is 30.7. The number of likely N-dealkylation sites (N-methyl/N-ethyl adjacent to an activating group) is 1. The van der Waals surface area contributed by atoms with Crippen LogP contribution in [0.3, 0.4) is 0 Å². The number of hydrogen-bond donors (Lipinski definition) is 1. The first kappa shape index (κ1) is 44.2. The number of carbonyl (C=O) groups excluding carboxylic acids is 2. The predicted octanol–water partition coefficient (Wildman–Crippen LogP) is 9.01. The first-order chi connectivity index (χ1) is 22.0. The molecular formula is C36H67NO8P+. The number of phosphoric acid groups is 1. The Kier molecular flexibility index (Phi) is 28.2. The topological polar surface area (TPSA) is 108 Å². The van der Waals surface area contributed by atoms with Crippen molar-refractivity contribution in [2.75, 3.05) is 47.5 Å². The molecule has 0 aromatic carbocycles. The number of nitrogens with zero attached hydrogens (tertiary/aromatic N) is 1. The average molecular weight is 673 g/mol. The molecule has 0 aliphatic carbocycles. The van der Waals surface area contributed by atoms with Gasteiger partial charge in [-0.1, -0.05) is 108 Å². The van der Waals surface area contributed by atoms with Gasteiger partial charge in [0.15, 0.2) is 6.10 Å². The van der Waals surface area contributed by atoms with Gasteiger partial charge in [-0.15, -0.1) is 0 Å². The summed E-state index contributed by atoms with van der Waals surface area (Å²) in [5.74, 6) is -0.829. The molecule has 0 saturated carbocycles. The first-order valence-electron chi connectivity index (χ1n) is 17.7. The third-order valence-corrected chi connectivity index (χ3v) is 8.17. The molecule has 0 spiro atoms. The van der Waals surface area contributed by atoms with Crippen LogP contribution in [0.4, 0.5) is 0 Å². The number of ether oxygens (including phenoxy) is 2. The van der Waals surface area contributed by atoms with Crippen LogP contribution in [0.1, 0.15) is 129 Å². The number of rotatable bonds is 31. The van der Waals surface area contributed by atoms with Gasteiger partial charge in [-0.2, -0.15) is 0 Å². The highest BCUT2D eigenvalue weighted by molar-refractivity contribution is 7.47. The standard InChI is InChI=1S/C36H66NO8P/c1-6-8-10-12-13-14-15-16-17-18-19-20-21-22-23-25-27-29-36(39)45-34(32-42-35(38)28-26-24-11-9-7-2)33-44-46(40,41)43-31-30-37(3,4)5/h8,10,13-14,16-17,34H,6-7,9,11-12,15,18-33H2,1-5H3/p+1/b10-8-,14-13-,17-16-. The maximum Gasteiger partial charge on any atom is 0.472 e. The number of carbonyl (C=O) groups is 2. The molecule has 0 heterocycles. The lowest BCUT2D eigenvalue weighted by molar-refractivity contribution is -0.870. The van der Waals surface area contributed by atoms with E-state index in [1.165, 1.54) is 19.3 Å². The van der Waals surface area contributed by atoms with E-state index >= 15 is 0 Å². The minimum atomic E-state index is -4.36. The van der Waals surface area contributed by atoms with Gasteiger partial charge in [-0.3, -0.25) is 18.6 Å². The molecule has 0 fully saturated rings. The zero-order valence-electron chi connectivity index (χ0n) is 29.8. The molecule has 2 atom stereocenters. The van der Waals surface area contributed by atoms with E-state index in [1.54, 1.807) is 0 Å². The highest BCUT2D eigenvalue weighted by Crippen LogP contribution is 2.43. The van der Waals surface area contributed by atoms with Gasteiger partial charge in [0.25, 0.3) is 0 Å². The van der Waals surface area contributed by atoms with E-state index in [-0.39, 0.29) is 32.0 Å². The van der Waals surface area contributed by atoms with Crippen LogP contribution in [0.5, 0.6) is 0 Å². The number of hydrogen-bond acceptors (Lipinski definition) is 7. The van der Waals surface area contributed by atoms with Crippen molar-refractivity contribution in [1.29, 1.82) is 0 Å². The highest BCUT2D eigenvalue weighted by atomic mass is 31.2. The quantitative estimate of drug-likeness (QED) is 0.0256. The SMILES string of the molecule is CC/C=C\C/C=C\C/C=C\CCCCCCCCCC(=O)OC(COC(=O)CCCCCCC)COP(=O)(O)OCC[N+](C)(C)C. The van der Waals surface area contributed by atoms with Crippen molar-refractivity contribution in [3.63, 3.8) is 0 Å². The summed E-state index contributed by atoms with van der Waals surface area (Å²) in [6.07, 6.45) is 29.5. The molecule has 46 heavy (non-hydrogen) atoms. The van der Waals surface area contributed by atoms with E-state index in [2.05, 4.69) is 50.3 Å². The number of esters is 2. The van der Waals surface area contributed by atoms with Crippen molar-refractivity contribution in [3.05, 3.63) is 36.5 Å². The maximum absolute atomic E-state index is 12.5. The minimum absolute atomic E-state index is 0.0290. The van der Waals surface area contributed by atoms with Crippen molar-refractivity contribution in [3.8, 4) is 0 Å². The largest absolute Gasteiger partial charge is 0.472 e. The molecule has 0 bridgehead atoms. The summed E-state index contributed by atoms with van der Waals surface area (Å²) in [6.45, 7) is 4.17. The van der Waals surface area contributed by atoms with E-state index in [1.807, 2.05) is 21.1 Å². The Hall–Kier alpha value is -1.77. The Balaban J connectivity index is 4.35. The van der Waals surface area contributed by atoms with Crippen LogP contribution in [-0.4, -0.2) is 74.9 Å². The minimum Gasteiger partial charge on any atom is -0.462 e. The third kappa shape index (κ3) is 32.2. The fourth-order valence-electron chi connectivity index (χ4n) is 4.38. The maximum atomic E-state index is 12.5. The Morgan fingerprint density at radius 2 is 1.24 bits per heavy atom. The van der Waals surface area contributed by atoms with Gasteiger partial charge in [0, 0.05) is 12.8 Å². The molecule has 0 rings (SSSR count). The molecule has 0 saturated heterocycles. The van der Waals surface area contributed by atoms with Gasteiger partial charge in [0.1, 0.15) is 19.8 Å². The second-order valence-electron chi connectivity index (χ2n) is 12.9. The van der Waals surface area contributed by atoms with Crippen molar-refractivity contribution < 1.29 is 42.1 Å². The van der Waals surface area contributed by atoms with Crippen LogP contribution in [0.2, 0.25) is 0 Å². The normalized spacial score (nSPS) is 14.3. The predicted molar refractivity (Wildman–Crippen MR) is 187 cm³/mol. The van der Waals surface area contributed by atoms with E-state index in [0.29, 0.717) is 17.4 Å². The van der Waals surface area contributed by atoms with Gasteiger partial charge in [0.2, 0.25) is 0 Å². The van der Waals surface area contributed by atoms with Crippen molar-refractivity contribution in [2.24, 2.45) is 0 Å². The Bertz CT molecular complexity index is 897. The molecule has 0 aliphatic rings. The van der Waals surface area contributed by atoms with Crippen LogP contribution >= 0.6 is 7.82 Å². The lowest BCUT2D eigenvalue weighted by atomic mass is 10.1. The first-order valence-corrected chi connectivity index (χ1v) is 19.2. The molecule has 0 aliphatic heterocycles. The molecule has 2 unspecified atom stereocenters. The Morgan fingerprint density at radius 3 is 1.85 bits per heavy atom. The van der Waals surface area contributed by atoms with Gasteiger partial charge < -0.3 is 18.9 Å². The molecule has 10 heteroatoms. The summed E-state index contributed by atoms with van der Waals surface area (Å²) in [5, 5.41) is 0. The smallest absolute Gasteiger partial charge is 0.462 e. The number of allylic oxidation sites excluding steroid dienone is 6. The second kappa shape index (κ2) is 29.4. The van der Waals surface area contributed by atoms with Crippen molar-refractivity contribution >= 4 is 19.8 Å². The molecule has 0 aromatic rings. The second-order valence-corrected chi connectivity index (χ2v) is 14.3. The van der Waals surface area contributed by atoms with Crippen LogP contribution in [0.15, 0.2) is 36.5 Å². The summed E-state index contributed by atoms with van der Waals surface area (Å²) in [7, 11) is 1.46. The Morgan fingerprint density at radius 1 is 0.696 bits per heavy atom. The molecule has 268 valence electrons. The molecular weight excluding hydrogens is 605 g/mol. The van der Waals surface area contributed by atoms with Crippen molar-refractivity contribution in [2.45, 2.75) is 136 Å². The van der Waals surface area contributed by atoms with Gasteiger partial charge in [-0.25, -0.2) is 4.57 Å². The fraction of sp³-hybridized carbons (Fsp3) is 0.778. The summed E-state index contributed by atoms with van der Waals surface area (Å²) in [5.41, 5.74) is 0. The van der Waals surface area contributed by atoms with E-state index in [0.717, 1.165) is 77.0 Å². The summed E-state index contributed by atoms with van der Waals surface area (Å²) < 4.78 is 33.9. The highest BCUT2D eigenvalue weighted by Gasteiger charge is 2.27. The molecule has 1 N–H and O–H groups in total. The van der Waals surface area contributed by atoms with E-state index < -0.39 is 26.5 Å². The van der Waals surface area contributed by atoms with E-state index in [9.17, 15) is 19.0 Å². The molecule has 9 nitrogen and oxygen atoms in total. The molecule has 0 aromatic heterocycles. The van der Waals surface area contributed by atoms with Crippen LogP contribution < -0.4 is 0 Å². The summed E-state index contributed by atoms with van der Waals surface area (Å²) in [6, 6.07) is 0. The third-order valence-electron chi connectivity index (χ3n) is 7.18. The van der Waals surface area contributed by atoms with Crippen LogP contribution in [-0.2, 0) is 32.7 Å². The van der Waals surface area contributed by atoms with Crippen LogP contribution in [0, 0.1) is 0 Å². The van der Waals surface area contributed by atoms with Gasteiger partial charge in [-0.05, 0) is 44.9 Å². The number of unbranched alkanes of at least 4 members (excludes halogenated alkanes) is 11. The lowest BCUT2D eigenvalue weighted by Gasteiger charge is -2.24. The monoisotopic (exact) mass is 672 g/mol. The zero-order chi connectivity index (χ0) is 34.4. The van der Waals surface area contributed by atoms with E-state index in [4.69, 9.17) is 18.5 Å². The number of phosphoric ester groups is 1. The Labute approximate surface area is 281 Å². The van der Waals surface area contributed by atoms with Crippen LogP contribution in [0.25, 0.3) is 0 Å². The van der Waals surface area contributed by atoms with Gasteiger partial charge in [0.05, 0.1) is 27.7 Å². The number of quaternary nitrogens is 1. The lowest BCUT2D eigenvalue weighted by Crippen LogP contribution is -2.37. The average Bonchev–Trinajstić information content (AvgIpc) is 2.99. The molecule has 0 amide bonds. The molecule has 0 radical (unpaired) electrons. The fourth-order valence-corrected chi connectivity index (χ4v) is 5.12. The summed E-state index contributed by atoms with van der Waals surface area (Å²) in [4.78, 5) is 34.8. The van der Waals surface area contributed by atoms with Gasteiger partial charge >= 0.3 is 19.8 Å². The van der Waals surface area contributed by atoms with Crippen molar-refractivity contribution in [1.82, 2.24) is 0 Å². The summed E-state index contributed by atoms with van der Waals surface area (Å²) >= 11 is 0.